The van der Waals surface area contributed by atoms with Crippen molar-refractivity contribution >= 4 is 17.2 Å². The van der Waals surface area contributed by atoms with Crippen molar-refractivity contribution in [3.05, 3.63) is 51.5 Å². The highest BCUT2D eigenvalue weighted by molar-refractivity contribution is 7.09. The molecule has 2 aromatic rings. The smallest absolute Gasteiger partial charge is 0.253 e. The van der Waals surface area contributed by atoms with Gasteiger partial charge in [0.1, 0.15) is 0 Å². The molecule has 1 aromatic heterocycles. The molecule has 0 aliphatic carbocycles. The third-order valence-corrected chi connectivity index (χ3v) is 5.45. The van der Waals surface area contributed by atoms with Crippen LogP contribution in [0, 0.1) is 11.3 Å². The van der Waals surface area contributed by atoms with Crippen molar-refractivity contribution in [3.8, 4) is 6.07 Å². The van der Waals surface area contributed by atoms with Gasteiger partial charge in [0.2, 0.25) is 0 Å². The first-order valence-corrected chi connectivity index (χ1v) is 9.21. The van der Waals surface area contributed by atoms with E-state index < -0.39 is 0 Å². The number of benzene rings is 1. The molecule has 1 aliphatic rings. The third kappa shape index (κ3) is 3.49. The highest BCUT2D eigenvalue weighted by Gasteiger charge is 2.27. The van der Waals surface area contributed by atoms with Crippen LogP contribution < -0.4 is 0 Å². The number of carbonyl (C=O) groups is 1. The lowest BCUT2D eigenvalue weighted by Crippen LogP contribution is -2.39. The van der Waals surface area contributed by atoms with Crippen LogP contribution in [0.25, 0.3) is 0 Å². The molecule has 4 nitrogen and oxygen atoms in total. The summed E-state index contributed by atoms with van der Waals surface area (Å²) in [6.07, 6.45) is 2.07. The van der Waals surface area contributed by atoms with Crippen LogP contribution in [0.15, 0.2) is 29.6 Å². The molecular formula is C19H21N3OS. The molecule has 1 fully saturated rings. The molecule has 0 unspecified atom stereocenters. The predicted octanol–water partition coefficient (Wildman–Crippen LogP) is 4.16. The van der Waals surface area contributed by atoms with Gasteiger partial charge in [-0.2, -0.15) is 5.26 Å². The van der Waals surface area contributed by atoms with Gasteiger partial charge < -0.3 is 4.90 Å². The number of carbonyl (C=O) groups excluding carboxylic acids is 1. The topological polar surface area (TPSA) is 57.0 Å². The number of rotatable bonds is 3. The van der Waals surface area contributed by atoms with Crippen molar-refractivity contribution in [1.29, 1.82) is 5.26 Å². The first kappa shape index (κ1) is 16.7. The number of hydrogen-bond donors (Lipinski definition) is 0. The molecule has 2 heterocycles. The average molecular weight is 339 g/mol. The summed E-state index contributed by atoms with van der Waals surface area (Å²) in [7, 11) is 0. The average Bonchev–Trinajstić information content (AvgIpc) is 3.12. The van der Waals surface area contributed by atoms with Crippen LogP contribution in [-0.4, -0.2) is 28.9 Å². The quantitative estimate of drug-likeness (QED) is 0.844. The second-order valence-corrected chi connectivity index (χ2v) is 7.44. The summed E-state index contributed by atoms with van der Waals surface area (Å²) in [6, 6.07) is 9.04. The Morgan fingerprint density at radius 2 is 2.29 bits per heavy atom. The minimum Gasteiger partial charge on any atom is -0.338 e. The molecular weight excluding hydrogens is 318 g/mol. The van der Waals surface area contributed by atoms with Gasteiger partial charge in [0, 0.05) is 30.0 Å². The summed E-state index contributed by atoms with van der Waals surface area (Å²) in [6.45, 7) is 5.78. The van der Waals surface area contributed by atoms with Gasteiger partial charge in [-0.3, -0.25) is 4.79 Å². The minimum atomic E-state index is 0.0115. The summed E-state index contributed by atoms with van der Waals surface area (Å²) in [5, 5.41) is 12.3. The Labute approximate surface area is 146 Å². The van der Waals surface area contributed by atoms with Crippen molar-refractivity contribution in [2.75, 3.05) is 13.1 Å². The Hall–Kier alpha value is -2.19. The highest BCUT2D eigenvalue weighted by Crippen LogP contribution is 2.31. The van der Waals surface area contributed by atoms with Crippen LogP contribution in [0.2, 0.25) is 0 Å². The second-order valence-electron chi connectivity index (χ2n) is 6.55. The van der Waals surface area contributed by atoms with E-state index in [1.54, 1.807) is 35.6 Å². The highest BCUT2D eigenvalue weighted by atomic mass is 32.1. The fourth-order valence-corrected chi connectivity index (χ4v) is 4.13. The Kier molecular flexibility index (Phi) is 4.96. The molecule has 0 bridgehead atoms. The molecule has 1 amide bonds. The lowest BCUT2D eigenvalue weighted by Gasteiger charge is -2.32. The van der Waals surface area contributed by atoms with Crippen LogP contribution in [0.3, 0.4) is 0 Å². The lowest BCUT2D eigenvalue weighted by atomic mass is 9.97. The van der Waals surface area contributed by atoms with Gasteiger partial charge in [-0.15, -0.1) is 11.3 Å². The second kappa shape index (κ2) is 7.14. The number of piperidine rings is 1. The molecule has 0 spiro atoms. The van der Waals surface area contributed by atoms with E-state index in [2.05, 4.69) is 25.3 Å². The van der Waals surface area contributed by atoms with Crippen LogP contribution in [0.5, 0.6) is 0 Å². The fourth-order valence-electron chi connectivity index (χ4n) is 3.02. The zero-order valence-corrected chi connectivity index (χ0v) is 14.8. The lowest BCUT2D eigenvalue weighted by molar-refractivity contribution is 0.0707. The molecule has 5 heteroatoms. The summed E-state index contributed by atoms with van der Waals surface area (Å²) >= 11 is 1.71. The van der Waals surface area contributed by atoms with Gasteiger partial charge in [-0.25, -0.2) is 4.98 Å². The van der Waals surface area contributed by atoms with Crippen LogP contribution in [-0.2, 0) is 0 Å². The minimum absolute atomic E-state index is 0.0115. The van der Waals surface area contributed by atoms with Crippen molar-refractivity contribution in [1.82, 2.24) is 9.88 Å². The van der Waals surface area contributed by atoms with Crippen molar-refractivity contribution in [3.63, 3.8) is 0 Å². The van der Waals surface area contributed by atoms with E-state index in [-0.39, 0.29) is 5.91 Å². The third-order valence-electron chi connectivity index (χ3n) is 4.43. The van der Waals surface area contributed by atoms with E-state index in [9.17, 15) is 4.79 Å². The van der Waals surface area contributed by atoms with Gasteiger partial charge in [0.05, 0.1) is 22.3 Å². The van der Waals surface area contributed by atoms with E-state index in [1.165, 1.54) is 0 Å². The van der Waals surface area contributed by atoms with E-state index in [0.717, 1.165) is 30.1 Å². The Morgan fingerprint density at radius 1 is 1.46 bits per heavy atom. The molecule has 24 heavy (non-hydrogen) atoms. The van der Waals surface area contributed by atoms with Gasteiger partial charge in [0.25, 0.3) is 5.91 Å². The Bertz CT molecular complexity index is 775. The molecule has 0 radical (unpaired) electrons. The zero-order valence-electron chi connectivity index (χ0n) is 14.0. The number of nitrogens with zero attached hydrogens (tertiary/aromatic N) is 3. The molecule has 0 saturated carbocycles. The monoisotopic (exact) mass is 339 g/mol. The first-order valence-electron chi connectivity index (χ1n) is 8.33. The molecule has 1 atom stereocenters. The van der Waals surface area contributed by atoms with Crippen LogP contribution >= 0.6 is 11.3 Å². The fraction of sp³-hybridized carbons (Fsp3) is 0.421. The normalized spacial score (nSPS) is 17.8. The van der Waals surface area contributed by atoms with Gasteiger partial charge in [0.15, 0.2) is 0 Å². The molecule has 1 saturated heterocycles. The summed E-state index contributed by atoms with van der Waals surface area (Å²) in [4.78, 5) is 19.4. The number of likely N-dealkylation sites (tertiary alicyclic amines) is 1. The van der Waals surface area contributed by atoms with Gasteiger partial charge in [-0.1, -0.05) is 19.9 Å². The standard InChI is InChI=1S/C19H21N3OS/c1-13(2)17-12-24-18(21-17)16-7-4-8-22(11-16)19(23)15-6-3-5-14(9-15)10-20/h3,5-6,9,12-13,16H,4,7-8,11H2,1-2H3/t16-/m1/s1. The van der Waals surface area contributed by atoms with Crippen molar-refractivity contribution < 1.29 is 4.79 Å². The van der Waals surface area contributed by atoms with Crippen LogP contribution in [0.1, 0.15) is 65.1 Å². The maximum atomic E-state index is 12.8. The van der Waals surface area contributed by atoms with E-state index in [0.29, 0.717) is 29.5 Å². The number of aromatic nitrogens is 1. The Morgan fingerprint density at radius 3 is 3.00 bits per heavy atom. The molecule has 3 rings (SSSR count). The maximum absolute atomic E-state index is 12.8. The van der Waals surface area contributed by atoms with E-state index in [4.69, 9.17) is 10.2 Å². The van der Waals surface area contributed by atoms with Crippen molar-refractivity contribution in [2.24, 2.45) is 0 Å². The van der Waals surface area contributed by atoms with E-state index >= 15 is 0 Å². The Balaban J connectivity index is 1.75. The summed E-state index contributed by atoms with van der Waals surface area (Å²) in [5.74, 6) is 0.766. The van der Waals surface area contributed by atoms with Crippen LogP contribution in [0.4, 0.5) is 0 Å². The molecule has 0 N–H and O–H groups in total. The number of hydrogen-bond acceptors (Lipinski definition) is 4. The van der Waals surface area contributed by atoms with Gasteiger partial charge in [-0.05, 0) is 37.0 Å². The number of thiazole rings is 1. The zero-order chi connectivity index (χ0) is 17.1. The number of nitriles is 1. The van der Waals surface area contributed by atoms with E-state index in [1.807, 2.05) is 4.90 Å². The predicted molar refractivity (Wildman–Crippen MR) is 95.2 cm³/mol. The molecule has 1 aromatic carbocycles. The first-order chi connectivity index (χ1) is 11.6. The SMILES string of the molecule is CC(C)c1csc([C@@H]2CCCN(C(=O)c3cccc(C#N)c3)C2)n1. The summed E-state index contributed by atoms with van der Waals surface area (Å²) in [5.41, 5.74) is 2.26. The van der Waals surface area contributed by atoms with Gasteiger partial charge >= 0.3 is 0 Å². The summed E-state index contributed by atoms with van der Waals surface area (Å²) < 4.78 is 0. The molecule has 124 valence electrons. The largest absolute Gasteiger partial charge is 0.338 e. The number of amides is 1. The van der Waals surface area contributed by atoms with Crippen molar-refractivity contribution in [2.45, 2.75) is 38.5 Å². The molecule has 1 aliphatic heterocycles. The maximum Gasteiger partial charge on any atom is 0.253 e.